The molecule has 0 aliphatic heterocycles. The molecule has 0 unspecified atom stereocenters. The van der Waals surface area contributed by atoms with E-state index < -0.39 is 0 Å². The van der Waals surface area contributed by atoms with Crippen molar-refractivity contribution in [2.45, 2.75) is 6.42 Å². The van der Waals surface area contributed by atoms with Gasteiger partial charge in [-0.05, 0) is 30.7 Å². The maximum absolute atomic E-state index is 11.6. The van der Waals surface area contributed by atoms with Gasteiger partial charge < -0.3 is 15.4 Å². The Hall–Kier alpha value is -1.55. The molecule has 0 saturated heterocycles. The van der Waals surface area contributed by atoms with E-state index in [-0.39, 0.29) is 5.91 Å². The van der Waals surface area contributed by atoms with Crippen molar-refractivity contribution in [3.05, 3.63) is 29.8 Å². The Morgan fingerprint density at radius 3 is 2.56 bits per heavy atom. The van der Waals surface area contributed by atoms with Gasteiger partial charge in [-0.2, -0.15) is 0 Å². The summed E-state index contributed by atoms with van der Waals surface area (Å²) in [6.07, 6.45) is 0.830. The lowest BCUT2D eigenvalue weighted by molar-refractivity contribution is 0.0948. The maximum Gasteiger partial charge on any atom is 0.251 e. The van der Waals surface area contributed by atoms with Crippen molar-refractivity contribution < 1.29 is 9.53 Å². The molecule has 1 aromatic rings. The maximum atomic E-state index is 11.6. The summed E-state index contributed by atoms with van der Waals surface area (Å²) >= 11 is 0. The lowest BCUT2D eigenvalue weighted by atomic mass is 10.2. The molecule has 1 rings (SSSR count). The van der Waals surface area contributed by atoms with Gasteiger partial charge in [0.15, 0.2) is 0 Å². The Labute approximate surface area is 96.0 Å². The fourth-order valence-electron chi connectivity index (χ4n) is 1.31. The Morgan fingerprint density at radius 1 is 1.31 bits per heavy atom. The molecule has 2 N–H and O–H groups in total. The summed E-state index contributed by atoms with van der Waals surface area (Å²) in [5.74, 6) is -0.0428. The van der Waals surface area contributed by atoms with Gasteiger partial charge in [0.05, 0.1) is 0 Å². The molecule has 4 nitrogen and oxygen atoms in total. The van der Waals surface area contributed by atoms with Gasteiger partial charge in [-0.3, -0.25) is 4.79 Å². The van der Waals surface area contributed by atoms with Crippen LogP contribution in [0.15, 0.2) is 24.3 Å². The summed E-state index contributed by atoms with van der Waals surface area (Å²) in [4.78, 5) is 11.6. The standard InChI is InChI=1S/C12H18N2O2/c1-13-11-6-4-10(5-7-11)12(15)14-8-3-9-16-2/h4-7,13H,3,8-9H2,1-2H3,(H,14,15). The third-order valence-electron chi connectivity index (χ3n) is 2.25. The van der Waals surface area contributed by atoms with Gasteiger partial charge in [-0.1, -0.05) is 0 Å². The second-order valence-corrected chi connectivity index (χ2v) is 3.43. The summed E-state index contributed by atoms with van der Waals surface area (Å²) < 4.78 is 4.90. The number of carbonyl (C=O) groups is 1. The van der Waals surface area contributed by atoms with Crippen LogP contribution >= 0.6 is 0 Å². The number of carbonyl (C=O) groups excluding carboxylic acids is 1. The molecule has 0 atom stereocenters. The van der Waals surface area contributed by atoms with Gasteiger partial charge in [-0.25, -0.2) is 0 Å². The highest BCUT2D eigenvalue weighted by Gasteiger charge is 2.03. The number of anilines is 1. The van der Waals surface area contributed by atoms with Crippen molar-refractivity contribution in [3.8, 4) is 0 Å². The van der Waals surface area contributed by atoms with Gasteiger partial charge in [0.1, 0.15) is 0 Å². The van der Waals surface area contributed by atoms with E-state index in [1.54, 1.807) is 19.2 Å². The third kappa shape index (κ3) is 3.90. The topological polar surface area (TPSA) is 50.4 Å². The average molecular weight is 222 g/mol. The van der Waals surface area contributed by atoms with Crippen molar-refractivity contribution in [3.63, 3.8) is 0 Å². The SMILES string of the molecule is CNc1ccc(C(=O)NCCCOC)cc1. The first kappa shape index (κ1) is 12.5. The smallest absolute Gasteiger partial charge is 0.251 e. The van der Waals surface area contributed by atoms with Crippen LogP contribution < -0.4 is 10.6 Å². The number of methoxy groups -OCH3 is 1. The summed E-state index contributed by atoms with van der Waals surface area (Å²) in [6, 6.07) is 7.36. The van der Waals surface area contributed by atoms with Gasteiger partial charge in [0.25, 0.3) is 5.91 Å². The quantitative estimate of drug-likeness (QED) is 0.717. The molecule has 1 amide bonds. The lowest BCUT2D eigenvalue weighted by Crippen LogP contribution is -2.25. The van der Waals surface area contributed by atoms with Crippen molar-refractivity contribution >= 4 is 11.6 Å². The van der Waals surface area contributed by atoms with Crippen molar-refractivity contribution in [1.82, 2.24) is 5.32 Å². The average Bonchev–Trinajstić information content (AvgIpc) is 2.34. The van der Waals surface area contributed by atoms with Gasteiger partial charge >= 0.3 is 0 Å². The van der Waals surface area contributed by atoms with Crippen LogP contribution in [0.4, 0.5) is 5.69 Å². The molecule has 0 saturated carbocycles. The van der Waals surface area contributed by atoms with Crippen molar-refractivity contribution in [2.24, 2.45) is 0 Å². The number of ether oxygens (including phenoxy) is 1. The van der Waals surface area contributed by atoms with E-state index in [1.165, 1.54) is 0 Å². The molecule has 16 heavy (non-hydrogen) atoms. The minimum atomic E-state index is -0.0428. The summed E-state index contributed by atoms with van der Waals surface area (Å²) in [5.41, 5.74) is 1.67. The molecule has 0 radical (unpaired) electrons. The summed E-state index contributed by atoms with van der Waals surface area (Å²) in [6.45, 7) is 1.30. The molecule has 0 bridgehead atoms. The van der Waals surface area contributed by atoms with E-state index in [9.17, 15) is 4.79 Å². The second-order valence-electron chi connectivity index (χ2n) is 3.43. The molecule has 1 aromatic carbocycles. The molecular formula is C12H18N2O2. The molecule has 0 fully saturated rings. The van der Waals surface area contributed by atoms with Gasteiger partial charge in [-0.15, -0.1) is 0 Å². The van der Waals surface area contributed by atoms with Crippen molar-refractivity contribution in [2.75, 3.05) is 32.6 Å². The van der Waals surface area contributed by atoms with E-state index in [4.69, 9.17) is 4.74 Å². The van der Waals surface area contributed by atoms with Gasteiger partial charge in [0, 0.05) is 38.6 Å². The zero-order valence-corrected chi connectivity index (χ0v) is 9.75. The number of hydrogen-bond donors (Lipinski definition) is 2. The molecule has 4 heteroatoms. The first-order valence-electron chi connectivity index (χ1n) is 5.33. The third-order valence-corrected chi connectivity index (χ3v) is 2.25. The molecule has 0 aliphatic rings. The highest BCUT2D eigenvalue weighted by Crippen LogP contribution is 2.08. The summed E-state index contributed by atoms with van der Waals surface area (Å²) in [5, 5.41) is 5.84. The monoisotopic (exact) mass is 222 g/mol. The predicted molar refractivity (Wildman–Crippen MR) is 64.8 cm³/mol. The molecule has 0 aliphatic carbocycles. The number of nitrogens with one attached hydrogen (secondary N) is 2. The largest absolute Gasteiger partial charge is 0.388 e. The Balaban J connectivity index is 2.40. The molecular weight excluding hydrogens is 204 g/mol. The van der Waals surface area contributed by atoms with E-state index in [2.05, 4.69) is 10.6 Å². The minimum Gasteiger partial charge on any atom is -0.388 e. The van der Waals surface area contributed by atoms with Crippen LogP contribution in [0.1, 0.15) is 16.8 Å². The first-order chi connectivity index (χ1) is 7.77. The Kier molecular flexibility index (Phi) is 5.36. The van der Waals surface area contributed by atoms with E-state index in [0.29, 0.717) is 18.7 Å². The van der Waals surface area contributed by atoms with Crippen LogP contribution in [-0.4, -0.2) is 33.2 Å². The van der Waals surface area contributed by atoms with Crippen LogP contribution in [-0.2, 0) is 4.74 Å². The van der Waals surface area contributed by atoms with E-state index >= 15 is 0 Å². The van der Waals surface area contributed by atoms with Gasteiger partial charge in [0.2, 0.25) is 0 Å². The van der Waals surface area contributed by atoms with E-state index in [0.717, 1.165) is 12.1 Å². The second kappa shape index (κ2) is 6.85. The predicted octanol–water partition coefficient (Wildman–Crippen LogP) is 1.49. The number of rotatable bonds is 6. The number of benzene rings is 1. The van der Waals surface area contributed by atoms with Crippen LogP contribution in [0.2, 0.25) is 0 Å². The highest BCUT2D eigenvalue weighted by molar-refractivity contribution is 5.94. The fourth-order valence-corrected chi connectivity index (χ4v) is 1.31. The first-order valence-corrected chi connectivity index (χ1v) is 5.33. The zero-order valence-electron chi connectivity index (χ0n) is 9.75. The van der Waals surface area contributed by atoms with E-state index in [1.807, 2.05) is 19.2 Å². The van der Waals surface area contributed by atoms with Crippen LogP contribution in [0, 0.1) is 0 Å². The Bertz CT molecular complexity index is 322. The molecule has 0 spiro atoms. The Morgan fingerprint density at radius 2 is 2.00 bits per heavy atom. The minimum absolute atomic E-state index is 0.0428. The van der Waals surface area contributed by atoms with Crippen LogP contribution in [0.5, 0.6) is 0 Å². The number of amides is 1. The lowest BCUT2D eigenvalue weighted by Gasteiger charge is -2.05. The molecule has 0 aromatic heterocycles. The zero-order chi connectivity index (χ0) is 11.8. The fraction of sp³-hybridized carbons (Fsp3) is 0.417. The molecule has 0 heterocycles. The van der Waals surface area contributed by atoms with Crippen LogP contribution in [0.3, 0.4) is 0 Å². The summed E-state index contributed by atoms with van der Waals surface area (Å²) in [7, 11) is 3.50. The van der Waals surface area contributed by atoms with Crippen molar-refractivity contribution in [1.29, 1.82) is 0 Å². The normalized spacial score (nSPS) is 9.88. The van der Waals surface area contributed by atoms with Crippen LogP contribution in [0.25, 0.3) is 0 Å². The number of hydrogen-bond acceptors (Lipinski definition) is 3. The highest BCUT2D eigenvalue weighted by atomic mass is 16.5. The molecule has 88 valence electrons.